The fraction of sp³-hybridized carbons (Fsp3) is 0.500. The molecule has 2 aromatic heterocycles. The summed E-state index contributed by atoms with van der Waals surface area (Å²) in [4.78, 5) is 14.9. The van der Waals surface area contributed by atoms with Crippen molar-refractivity contribution in [3.63, 3.8) is 0 Å². The minimum Gasteiger partial charge on any atom is -0.360 e. The number of fused-ring (bicyclic) bond motifs is 1. The quantitative estimate of drug-likeness (QED) is 0.687. The van der Waals surface area contributed by atoms with E-state index >= 15 is 0 Å². The van der Waals surface area contributed by atoms with Gasteiger partial charge >= 0.3 is 12.0 Å². The molecule has 124 valence electrons. The van der Waals surface area contributed by atoms with Crippen molar-refractivity contribution in [1.29, 1.82) is 0 Å². The topological polar surface area (TPSA) is 72.5 Å². The molecule has 9 heteroatoms. The van der Waals surface area contributed by atoms with Crippen molar-refractivity contribution in [3.8, 4) is 0 Å². The van der Waals surface area contributed by atoms with Gasteiger partial charge in [-0.05, 0) is 30.3 Å². The molecule has 1 saturated carbocycles. The van der Waals surface area contributed by atoms with Crippen molar-refractivity contribution in [2.75, 3.05) is 5.32 Å². The van der Waals surface area contributed by atoms with Gasteiger partial charge in [0.25, 0.3) is 0 Å². The highest BCUT2D eigenvalue weighted by molar-refractivity contribution is 5.62. The number of nitrogens with one attached hydrogen (secondary N) is 1. The molecule has 2 heterocycles. The monoisotopic (exact) mass is 328 g/mol. The van der Waals surface area contributed by atoms with Crippen LogP contribution in [0.5, 0.6) is 0 Å². The molecule has 6 nitrogen and oxygen atoms in total. The molecule has 0 radical (unpaired) electrons. The summed E-state index contributed by atoms with van der Waals surface area (Å²) in [5.41, 5.74) is 0.380. The summed E-state index contributed by atoms with van der Waals surface area (Å²) in [6.07, 6.45) is -1.74. The summed E-state index contributed by atoms with van der Waals surface area (Å²) in [5.74, 6) is -1.60. The van der Waals surface area contributed by atoms with Crippen LogP contribution in [-0.4, -0.2) is 26.5 Å². The minimum absolute atomic E-state index is 0.0222. The Bertz CT molecular complexity index is 728. The fourth-order valence-corrected chi connectivity index (χ4v) is 3.07. The van der Waals surface area contributed by atoms with Crippen LogP contribution in [0.25, 0.3) is 5.65 Å². The Balaban J connectivity index is 1.86. The Morgan fingerprint density at radius 1 is 1.35 bits per heavy atom. The van der Waals surface area contributed by atoms with E-state index in [1.165, 1.54) is 10.6 Å². The average molecular weight is 328 g/mol. The van der Waals surface area contributed by atoms with E-state index in [0.29, 0.717) is 18.5 Å². The minimum atomic E-state index is -4.23. The Hall–Kier alpha value is -2.32. The van der Waals surface area contributed by atoms with E-state index in [9.17, 15) is 23.3 Å². The van der Waals surface area contributed by atoms with Gasteiger partial charge in [-0.1, -0.05) is 12.5 Å². The fourth-order valence-electron chi connectivity index (χ4n) is 3.07. The molecule has 0 bridgehead atoms. The second-order valence-electron chi connectivity index (χ2n) is 5.72. The lowest BCUT2D eigenvalue weighted by Crippen LogP contribution is -2.34. The first-order chi connectivity index (χ1) is 10.9. The summed E-state index contributed by atoms with van der Waals surface area (Å²) < 4.78 is 39.9. The van der Waals surface area contributed by atoms with E-state index in [4.69, 9.17) is 0 Å². The van der Waals surface area contributed by atoms with Crippen LogP contribution in [0.3, 0.4) is 0 Å². The molecule has 23 heavy (non-hydrogen) atoms. The summed E-state index contributed by atoms with van der Waals surface area (Å²) in [5, 5.41) is 14.1. The number of rotatable bonds is 3. The lowest BCUT2D eigenvalue weighted by atomic mass is 9.85. The van der Waals surface area contributed by atoms with E-state index in [2.05, 4.69) is 10.3 Å². The zero-order valence-electron chi connectivity index (χ0n) is 12.1. The predicted octanol–water partition coefficient (Wildman–Crippen LogP) is 3.78. The normalized spacial score (nSPS) is 22.2. The van der Waals surface area contributed by atoms with Crippen molar-refractivity contribution in [2.45, 2.75) is 37.9 Å². The second-order valence-corrected chi connectivity index (χ2v) is 5.72. The second kappa shape index (κ2) is 5.71. The molecular formula is C14H15F3N4O2. The Morgan fingerprint density at radius 3 is 2.83 bits per heavy atom. The van der Waals surface area contributed by atoms with E-state index in [1.807, 2.05) is 0 Å². The molecule has 1 fully saturated rings. The van der Waals surface area contributed by atoms with Gasteiger partial charge < -0.3 is 15.4 Å². The average Bonchev–Trinajstić information content (AvgIpc) is 2.84. The predicted molar refractivity (Wildman–Crippen MR) is 77.3 cm³/mol. The molecule has 2 unspecified atom stereocenters. The number of aromatic nitrogens is 2. The van der Waals surface area contributed by atoms with Gasteiger partial charge in [0.05, 0.1) is 12.1 Å². The number of halogens is 3. The van der Waals surface area contributed by atoms with Crippen LogP contribution in [0.15, 0.2) is 24.4 Å². The highest BCUT2D eigenvalue weighted by Gasteiger charge is 2.42. The van der Waals surface area contributed by atoms with Gasteiger partial charge in [0.15, 0.2) is 0 Å². The third-order valence-electron chi connectivity index (χ3n) is 4.16. The molecule has 0 spiro atoms. The summed E-state index contributed by atoms with van der Waals surface area (Å²) in [6.45, 7) is 0. The molecule has 1 aliphatic carbocycles. The standard InChI is InChI=1S/C14H15F3N4O2/c15-14(16,17)9-4-3-5-10(8-9)18-12-13(21(22)23)20-7-2-1-6-11(20)19-12/h1-2,6-7,9-10,18H,3-5,8H2. The third kappa shape index (κ3) is 3.08. The van der Waals surface area contributed by atoms with E-state index in [1.54, 1.807) is 18.2 Å². The number of hydrogen-bond donors (Lipinski definition) is 1. The molecule has 0 saturated heterocycles. The molecule has 0 aliphatic heterocycles. The van der Waals surface area contributed by atoms with E-state index in [-0.39, 0.29) is 24.5 Å². The van der Waals surface area contributed by atoms with Crippen LogP contribution in [0.4, 0.5) is 24.8 Å². The highest BCUT2D eigenvalue weighted by Crippen LogP contribution is 2.39. The lowest BCUT2D eigenvalue weighted by molar-refractivity contribution is -0.389. The summed E-state index contributed by atoms with van der Waals surface area (Å²) in [7, 11) is 0. The first-order valence-electron chi connectivity index (χ1n) is 7.31. The van der Waals surface area contributed by atoms with Gasteiger partial charge in [0.1, 0.15) is 0 Å². The molecular weight excluding hydrogens is 313 g/mol. The van der Waals surface area contributed by atoms with Crippen molar-refractivity contribution < 1.29 is 18.1 Å². The van der Waals surface area contributed by atoms with Crippen LogP contribution in [0.2, 0.25) is 0 Å². The van der Waals surface area contributed by atoms with Crippen molar-refractivity contribution >= 4 is 17.3 Å². The Morgan fingerprint density at radius 2 is 2.13 bits per heavy atom. The first kappa shape index (κ1) is 15.6. The zero-order chi connectivity index (χ0) is 16.6. The van der Waals surface area contributed by atoms with Gasteiger partial charge in [-0.15, -0.1) is 0 Å². The van der Waals surface area contributed by atoms with Crippen LogP contribution in [0.1, 0.15) is 25.7 Å². The molecule has 3 rings (SSSR count). The molecule has 1 N–H and O–H groups in total. The van der Waals surface area contributed by atoms with Gasteiger partial charge in [-0.2, -0.15) is 22.6 Å². The van der Waals surface area contributed by atoms with Crippen molar-refractivity contribution in [2.24, 2.45) is 5.92 Å². The molecule has 2 aromatic rings. The number of pyridine rings is 1. The van der Waals surface area contributed by atoms with Crippen LogP contribution >= 0.6 is 0 Å². The first-order valence-corrected chi connectivity index (χ1v) is 7.31. The van der Waals surface area contributed by atoms with Crippen LogP contribution < -0.4 is 5.32 Å². The Kier molecular flexibility index (Phi) is 3.87. The van der Waals surface area contributed by atoms with Gasteiger partial charge in [0, 0.05) is 12.1 Å². The van der Waals surface area contributed by atoms with Gasteiger partial charge in [-0.25, -0.2) is 0 Å². The SMILES string of the molecule is O=[N+]([O-])c1c(NC2CCCC(C(F)(F)F)C2)nc2ccccn12. The molecule has 0 aromatic carbocycles. The van der Waals surface area contributed by atoms with Gasteiger partial charge in [-0.3, -0.25) is 0 Å². The lowest BCUT2D eigenvalue weighted by Gasteiger charge is -2.30. The molecule has 1 aliphatic rings. The Labute approximate surface area is 129 Å². The number of nitrogens with zero attached hydrogens (tertiary/aromatic N) is 3. The van der Waals surface area contributed by atoms with Crippen molar-refractivity contribution in [1.82, 2.24) is 9.38 Å². The number of nitro groups is 1. The van der Waals surface area contributed by atoms with Crippen LogP contribution in [0, 0.1) is 16.0 Å². The number of hydrogen-bond acceptors (Lipinski definition) is 4. The highest BCUT2D eigenvalue weighted by atomic mass is 19.4. The molecule has 2 atom stereocenters. The zero-order valence-corrected chi connectivity index (χ0v) is 12.1. The number of imidazole rings is 1. The maximum atomic E-state index is 12.9. The smallest absolute Gasteiger partial charge is 0.360 e. The van der Waals surface area contributed by atoms with E-state index in [0.717, 1.165) is 0 Å². The van der Waals surface area contributed by atoms with Crippen molar-refractivity contribution in [3.05, 3.63) is 34.5 Å². The van der Waals surface area contributed by atoms with Crippen LogP contribution in [-0.2, 0) is 0 Å². The maximum absolute atomic E-state index is 12.9. The molecule has 0 amide bonds. The third-order valence-corrected chi connectivity index (χ3v) is 4.16. The summed E-state index contributed by atoms with van der Waals surface area (Å²) >= 11 is 0. The number of anilines is 1. The summed E-state index contributed by atoms with van der Waals surface area (Å²) in [6, 6.07) is 4.46. The maximum Gasteiger partial charge on any atom is 0.391 e. The number of alkyl halides is 3. The largest absolute Gasteiger partial charge is 0.391 e. The van der Waals surface area contributed by atoms with E-state index < -0.39 is 23.1 Å². The van der Waals surface area contributed by atoms with Gasteiger partial charge in [0.2, 0.25) is 11.5 Å².